The minimum absolute atomic E-state index is 0.173. The maximum Gasteiger partial charge on any atom is 0.416 e. The third kappa shape index (κ3) is 4.67. The van der Waals surface area contributed by atoms with Crippen LogP contribution >= 0.6 is 24.0 Å². The van der Waals surface area contributed by atoms with Crippen molar-refractivity contribution in [3.05, 3.63) is 52.6 Å². The number of halogens is 3. The van der Waals surface area contributed by atoms with Crippen molar-refractivity contribution in [2.45, 2.75) is 26.4 Å². The van der Waals surface area contributed by atoms with Gasteiger partial charge in [0.1, 0.15) is 15.8 Å². The predicted octanol–water partition coefficient (Wildman–Crippen LogP) is 6.21. The topological polar surface area (TPSA) is 33.5 Å². The summed E-state index contributed by atoms with van der Waals surface area (Å²) in [5.74, 6) is 0.964. The molecule has 1 fully saturated rings. The van der Waals surface area contributed by atoms with Gasteiger partial charge in [0.05, 0.1) is 10.5 Å². The Balaban J connectivity index is 1.80. The second-order valence-corrected chi connectivity index (χ2v) is 8.47. The van der Waals surface area contributed by atoms with Crippen molar-refractivity contribution in [3.63, 3.8) is 0 Å². The van der Waals surface area contributed by atoms with Gasteiger partial charge in [-0.15, -0.1) is 0 Å². The van der Waals surface area contributed by atoms with E-state index in [2.05, 4.69) is 13.8 Å². The van der Waals surface area contributed by atoms with Gasteiger partial charge in [0.15, 0.2) is 0 Å². The summed E-state index contributed by atoms with van der Waals surface area (Å²) in [5, 5.41) is 0. The van der Waals surface area contributed by atoms with E-state index in [1.807, 2.05) is 0 Å². The molecule has 1 aliphatic heterocycles. The van der Waals surface area contributed by atoms with Gasteiger partial charge >= 0.3 is 6.18 Å². The number of carbonyl (C=O) groups excluding carboxylic acids is 1. The van der Waals surface area contributed by atoms with Gasteiger partial charge in [-0.2, -0.15) is 13.2 Å². The number of hydrogen-bond acceptors (Lipinski definition) is 4. The van der Waals surface area contributed by atoms with E-state index in [-0.39, 0.29) is 5.91 Å². The molecule has 0 N–H and O–H groups in total. The van der Waals surface area contributed by atoms with Gasteiger partial charge in [-0.1, -0.05) is 50.0 Å². The third-order valence-corrected chi connectivity index (χ3v) is 5.56. The fraction of sp³-hybridized carbons (Fsp3) is 0.300. The van der Waals surface area contributed by atoms with E-state index >= 15 is 0 Å². The largest absolute Gasteiger partial charge is 0.457 e. The molecular weight excluding hydrogens is 407 g/mol. The highest BCUT2D eigenvalue weighted by Crippen LogP contribution is 2.35. The number of rotatable bonds is 5. The summed E-state index contributed by atoms with van der Waals surface area (Å²) in [6, 6.07) is 8.13. The van der Waals surface area contributed by atoms with Crippen LogP contribution in [0.5, 0.6) is 0 Å². The molecule has 1 aliphatic rings. The van der Waals surface area contributed by atoms with Crippen molar-refractivity contribution in [1.82, 2.24) is 4.90 Å². The molecule has 0 saturated carbocycles. The molecule has 148 valence electrons. The van der Waals surface area contributed by atoms with Crippen LogP contribution in [0, 0.1) is 5.92 Å². The summed E-state index contributed by atoms with van der Waals surface area (Å²) in [7, 11) is 0. The quantitative estimate of drug-likeness (QED) is 0.421. The number of thiocarbonyl (C=S) groups is 1. The normalized spacial score (nSPS) is 16.6. The monoisotopic (exact) mass is 425 g/mol. The number of nitrogens with zero attached hydrogens (tertiary/aromatic N) is 1. The molecule has 0 bridgehead atoms. The van der Waals surface area contributed by atoms with Crippen molar-refractivity contribution in [3.8, 4) is 11.3 Å². The molecule has 8 heteroatoms. The molecule has 0 radical (unpaired) electrons. The molecule has 2 heterocycles. The molecule has 1 saturated heterocycles. The first kappa shape index (κ1) is 20.7. The molecule has 1 aromatic carbocycles. The highest BCUT2D eigenvalue weighted by Gasteiger charge is 2.32. The lowest BCUT2D eigenvalue weighted by Crippen LogP contribution is -2.29. The van der Waals surface area contributed by atoms with Gasteiger partial charge in [-0.25, -0.2) is 0 Å². The van der Waals surface area contributed by atoms with Gasteiger partial charge < -0.3 is 4.42 Å². The van der Waals surface area contributed by atoms with Gasteiger partial charge in [-0.3, -0.25) is 9.69 Å². The minimum Gasteiger partial charge on any atom is -0.457 e. The Morgan fingerprint density at radius 3 is 2.68 bits per heavy atom. The van der Waals surface area contributed by atoms with Crippen LogP contribution < -0.4 is 0 Å². The molecule has 0 atom stereocenters. The van der Waals surface area contributed by atoms with E-state index in [0.29, 0.717) is 38.8 Å². The molecule has 1 aromatic heterocycles. The average molecular weight is 425 g/mol. The first-order valence-corrected chi connectivity index (χ1v) is 9.90. The zero-order valence-corrected chi connectivity index (χ0v) is 16.9. The van der Waals surface area contributed by atoms with Crippen LogP contribution in [0.3, 0.4) is 0 Å². The number of benzene rings is 1. The van der Waals surface area contributed by atoms with E-state index < -0.39 is 11.7 Å². The van der Waals surface area contributed by atoms with Gasteiger partial charge in [-0.05, 0) is 36.6 Å². The van der Waals surface area contributed by atoms with E-state index in [1.54, 1.807) is 29.2 Å². The molecular formula is C20H18F3NO2S2. The zero-order valence-electron chi connectivity index (χ0n) is 15.2. The number of thioether (sulfide) groups is 1. The van der Waals surface area contributed by atoms with E-state index in [1.165, 1.54) is 17.8 Å². The highest BCUT2D eigenvalue weighted by molar-refractivity contribution is 8.26. The Kier molecular flexibility index (Phi) is 6.00. The lowest BCUT2D eigenvalue weighted by atomic mass is 10.1. The minimum atomic E-state index is -4.42. The summed E-state index contributed by atoms with van der Waals surface area (Å²) >= 11 is 6.48. The Morgan fingerprint density at radius 2 is 2.00 bits per heavy atom. The van der Waals surface area contributed by atoms with E-state index in [4.69, 9.17) is 16.6 Å². The first-order chi connectivity index (χ1) is 13.1. The molecule has 0 spiro atoms. The van der Waals surface area contributed by atoms with Crippen LogP contribution in [0.15, 0.2) is 45.7 Å². The van der Waals surface area contributed by atoms with Crippen LogP contribution in [0.2, 0.25) is 0 Å². The Morgan fingerprint density at radius 1 is 1.25 bits per heavy atom. The van der Waals surface area contributed by atoms with Crippen molar-refractivity contribution in [2.24, 2.45) is 5.92 Å². The van der Waals surface area contributed by atoms with Crippen LogP contribution in [-0.2, 0) is 11.0 Å². The Labute approximate surface area is 170 Å². The van der Waals surface area contributed by atoms with Crippen molar-refractivity contribution in [2.75, 3.05) is 6.54 Å². The van der Waals surface area contributed by atoms with Gasteiger partial charge in [0.25, 0.3) is 5.91 Å². The first-order valence-electron chi connectivity index (χ1n) is 8.68. The Hall–Kier alpha value is -2.06. The van der Waals surface area contributed by atoms with Gasteiger partial charge in [0.2, 0.25) is 0 Å². The van der Waals surface area contributed by atoms with Crippen LogP contribution in [0.4, 0.5) is 13.2 Å². The summed E-state index contributed by atoms with van der Waals surface area (Å²) < 4.78 is 44.8. The van der Waals surface area contributed by atoms with Crippen molar-refractivity contribution >= 4 is 40.3 Å². The fourth-order valence-corrected chi connectivity index (χ4v) is 3.93. The van der Waals surface area contributed by atoms with E-state index in [9.17, 15) is 18.0 Å². The fourth-order valence-electron chi connectivity index (χ4n) is 2.64. The SMILES string of the molecule is CC(C)CCN1C(=O)/C(=C/c2ccc(-c3cccc(C(F)(F)F)c3)o2)SC1=S. The number of alkyl halides is 3. The van der Waals surface area contributed by atoms with Gasteiger partial charge in [0, 0.05) is 18.2 Å². The maximum atomic E-state index is 12.9. The molecule has 2 aromatic rings. The second-order valence-electron chi connectivity index (χ2n) is 6.80. The summed E-state index contributed by atoms with van der Waals surface area (Å²) in [4.78, 5) is 14.6. The number of hydrogen-bond donors (Lipinski definition) is 0. The average Bonchev–Trinajstić information content (AvgIpc) is 3.18. The number of carbonyl (C=O) groups is 1. The maximum absolute atomic E-state index is 12.9. The van der Waals surface area contributed by atoms with E-state index in [0.717, 1.165) is 18.6 Å². The third-order valence-electron chi connectivity index (χ3n) is 4.18. The van der Waals surface area contributed by atoms with Crippen molar-refractivity contribution in [1.29, 1.82) is 0 Å². The lowest BCUT2D eigenvalue weighted by molar-refractivity contribution is -0.137. The standard InChI is InChI=1S/C20H18F3NO2S2/c1-12(2)8-9-24-18(25)17(28-19(24)27)11-15-6-7-16(26-15)13-4-3-5-14(10-13)20(21,22)23/h3-7,10-12H,8-9H2,1-2H3/b17-11-. The molecule has 28 heavy (non-hydrogen) atoms. The molecule has 1 amide bonds. The molecule has 0 unspecified atom stereocenters. The smallest absolute Gasteiger partial charge is 0.416 e. The van der Waals surface area contributed by atoms with Crippen LogP contribution in [0.25, 0.3) is 17.4 Å². The summed E-state index contributed by atoms with van der Waals surface area (Å²) in [6.07, 6.45) is -2.00. The number of amides is 1. The lowest BCUT2D eigenvalue weighted by Gasteiger charge is -2.15. The number of furan rings is 1. The zero-order chi connectivity index (χ0) is 20.5. The molecule has 0 aliphatic carbocycles. The van der Waals surface area contributed by atoms with Crippen molar-refractivity contribution < 1.29 is 22.4 Å². The molecule has 3 nitrogen and oxygen atoms in total. The predicted molar refractivity (Wildman–Crippen MR) is 108 cm³/mol. The van der Waals surface area contributed by atoms with Crippen LogP contribution in [-0.4, -0.2) is 21.7 Å². The Bertz CT molecular complexity index is 932. The van der Waals surface area contributed by atoms with Crippen LogP contribution in [0.1, 0.15) is 31.6 Å². The highest BCUT2D eigenvalue weighted by atomic mass is 32.2. The second kappa shape index (κ2) is 8.13. The summed E-state index contributed by atoms with van der Waals surface area (Å²) in [5.41, 5.74) is -0.423. The molecule has 3 rings (SSSR count). The summed E-state index contributed by atoms with van der Waals surface area (Å²) in [6.45, 7) is 4.71.